The van der Waals surface area contributed by atoms with Crippen LogP contribution in [0.5, 0.6) is 0 Å². The SMILES string of the molecule is CC(C)Cc1n[nH]c(Cn2ccc(=O)[nH]c2=O)n1. The van der Waals surface area contributed by atoms with E-state index in [4.69, 9.17) is 0 Å². The minimum atomic E-state index is -0.454. The van der Waals surface area contributed by atoms with Crippen LogP contribution in [0.1, 0.15) is 25.5 Å². The van der Waals surface area contributed by atoms with Gasteiger partial charge in [-0.1, -0.05) is 13.8 Å². The van der Waals surface area contributed by atoms with Crippen LogP contribution in [0.15, 0.2) is 21.9 Å². The smallest absolute Gasteiger partial charge is 0.293 e. The summed E-state index contributed by atoms with van der Waals surface area (Å²) in [5.41, 5.74) is -0.862. The Balaban J connectivity index is 2.16. The topological polar surface area (TPSA) is 96.4 Å². The Kier molecular flexibility index (Phi) is 3.40. The summed E-state index contributed by atoms with van der Waals surface area (Å²) in [7, 11) is 0. The van der Waals surface area contributed by atoms with Gasteiger partial charge in [0.2, 0.25) is 0 Å². The second kappa shape index (κ2) is 4.99. The van der Waals surface area contributed by atoms with Gasteiger partial charge in [0.05, 0.1) is 6.54 Å². The molecule has 0 aliphatic carbocycles. The highest BCUT2D eigenvalue weighted by atomic mass is 16.2. The van der Waals surface area contributed by atoms with E-state index in [1.807, 2.05) is 0 Å². The lowest BCUT2D eigenvalue weighted by atomic mass is 10.1. The van der Waals surface area contributed by atoms with Crippen molar-refractivity contribution < 1.29 is 0 Å². The first-order valence-corrected chi connectivity index (χ1v) is 5.74. The molecule has 0 aliphatic rings. The number of rotatable bonds is 4. The average Bonchev–Trinajstić information content (AvgIpc) is 2.69. The summed E-state index contributed by atoms with van der Waals surface area (Å²) in [5, 5.41) is 6.86. The molecule has 2 aromatic heterocycles. The van der Waals surface area contributed by atoms with Gasteiger partial charge in [-0.2, -0.15) is 5.10 Å². The summed E-state index contributed by atoms with van der Waals surface area (Å²) in [6.07, 6.45) is 2.23. The molecular weight excluding hydrogens is 234 g/mol. The van der Waals surface area contributed by atoms with E-state index in [1.54, 1.807) is 0 Å². The van der Waals surface area contributed by atoms with Gasteiger partial charge in [0.25, 0.3) is 5.56 Å². The zero-order valence-corrected chi connectivity index (χ0v) is 10.3. The summed E-state index contributed by atoms with van der Waals surface area (Å²) in [6.45, 7) is 4.44. The van der Waals surface area contributed by atoms with Crippen LogP contribution in [-0.4, -0.2) is 24.7 Å². The molecule has 0 aliphatic heterocycles. The van der Waals surface area contributed by atoms with Crippen molar-refractivity contribution >= 4 is 0 Å². The van der Waals surface area contributed by atoms with Crippen LogP contribution >= 0.6 is 0 Å². The van der Waals surface area contributed by atoms with Crippen molar-refractivity contribution in [2.45, 2.75) is 26.8 Å². The van der Waals surface area contributed by atoms with Crippen LogP contribution in [0.25, 0.3) is 0 Å². The third kappa shape index (κ3) is 2.93. The molecule has 96 valence electrons. The summed E-state index contributed by atoms with van der Waals surface area (Å²) in [4.78, 5) is 28.9. The van der Waals surface area contributed by atoms with Gasteiger partial charge in [-0.25, -0.2) is 9.78 Å². The van der Waals surface area contributed by atoms with E-state index >= 15 is 0 Å². The summed E-state index contributed by atoms with van der Waals surface area (Å²) >= 11 is 0. The number of H-pyrrole nitrogens is 2. The zero-order chi connectivity index (χ0) is 13.1. The zero-order valence-electron chi connectivity index (χ0n) is 10.3. The first-order valence-electron chi connectivity index (χ1n) is 5.74. The van der Waals surface area contributed by atoms with Crippen molar-refractivity contribution in [3.05, 3.63) is 44.8 Å². The van der Waals surface area contributed by atoms with Gasteiger partial charge in [0.1, 0.15) is 5.82 Å². The predicted octanol–water partition coefficient (Wildman–Crippen LogP) is -0.0985. The van der Waals surface area contributed by atoms with Crippen LogP contribution in [0, 0.1) is 5.92 Å². The van der Waals surface area contributed by atoms with E-state index < -0.39 is 11.2 Å². The molecule has 0 atom stereocenters. The summed E-state index contributed by atoms with van der Waals surface area (Å²) in [5.74, 6) is 1.81. The fourth-order valence-corrected chi connectivity index (χ4v) is 1.59. The van der Waals surface area contributed by atoms with Crippen LogP contribution in [0.2, 0.25) is 0 Å². The number of aromatic nitrogens is 5. The van der Waals surface area contributed by atoms with Gasteiger partial charge in [-0.05, 0) is 5.92 Å². The fraction of sp³-hybridized carbons (Fsp3) is 0.455. The van der Waals surface area contributed by atoms with Crippen LogP contribution in [-0.2, 0) is 13.0 Å². The van der Waals surface area contributed by atoms with E-state index in [1.165, 1.54) is 16.8 Å². The highest BCUT2D eigenvalue weighted by Gasteiger charge is 2.06. The molecule has 0 aromatic carbocycles. The molecule has 0 saturated heterocycles. The Labute approximate surface area is 103 Å². The van der Waals surface area contributed by atoms with Crippen molar-refractivity contribution in [3.8, 4) is 0 Å². The van der Waals surface area contributed by atoms with Gasteiger partial charge in [0.15, 0.2) is 5.82 Å². The number of aromatic amines is 2. The molecule has 0 amide bonds. The molecule has 18 heavy (non-hydrogen) atoms. The largest absolute Gasteiger partial charge is 0.328 e. The standard InChI is InChI=1S/C11H15N5O2/c1-7(2)5-8-12-9(15-14-8)6-16-4-3-10(17)13-11(16)18/h3-4,7H,5-6H2,1-2H3,(H,12,14,15)(H,13,17,18). The third-order valence-electron chi connectivity index (χ3n) is 2.39. The molecule has 0 radical (unpaired) electrons. The normalized spacial score (nSPS) is 11.1. The Morgan fingerprint density at radius 1 is 1.39 bits per heavy atom. The highest BCUT2D eigenvalue weighted by molar-refractivity contribution is 4.93. The predicted molar refractivity (Wildman–Crippen MR) is 65.3 cm³/mol. The highest BCUT2D eigenvalue weighted by Crippen LogP contribution is 2.02. The summed E-state index contributed by atoms with van der Waals surface area (Å²) in [6, 6.07) is 1.30. The maximum atomic E-state index is 11.5. The molecule has 2 heterocycles. The number of nitrogens with one attached hydrogen (secondary N) is 2. The molecule has 2 rings (SSSR count). The van der Waals surface area contributed by atoms with E-state index in [9.17, 15) is 9.59 Å². The molecule has 0 bridgehead atoms. The maximum absolute atomic E-state index is 11.5. The Morgan fingerprint density at radius 2 is 2.17 bits per heavy atom. The second-order valence-electron chi connectivity index (χ2n) is 4.53. The minimum Gasteiger partial charge on any atom is -0.293 e. The molecule has 2 aromatic rings. The van der Waals surface area contributed by atoms with Gasteiger partial charge in [-0.3, -0.25) is 19.4 Å². The Hall–Kier alpha value is -2.18. The van der Waals surface area contributed by atoms with E-state index in [2.05, 4.69) is 34.0 Å². The maximum Gasteiger partial charge on any atom is 0.328 e. The van der Waals surface area contributed by atoms with Crippen LogP contribution in [0.4, 0.5) is 0 Å². The molecule has 7 nitrogen and oxygen atoms in total. The Bertz CT molecular complexity index is 637. The summed E-state index contributed by atoms with van der Waals surface area (Å²) < 4.78 is 1.36. The number of hydrogen-bond donors (Lipinski definition) is 2. The van der Waals surface area contributed by atoms with E-state index in [0.717, 1.165) is 12.2 Å². The van der Waals surface area contributed by atoms with Crippen molar-refractivity contribution in [2.75, 3.05) is 0 Å². The molecule has 2 N–H and O–H groups in total. The lowest BCUT2D eigenvalue weighted by Crippen LogP contribution is -2.29. The van der Waals surface area contributed by atoms with Crippen molar-refractivity contribution in [2.24, 2.45) is 5.92 Å². The molecular formula is C11H15N5O2. The fourth-order valence-electron chi connectivity index (χ4n) is 1.59. The molecule has 0 spiro atoms. The molecule has 7 heteroatoms. The van der Waals surface area contributed by atoms with E-state index in [-0.39, 0.29) is 6.54 Å². The number of hydrogen-bond acceptors (Lipinski definition) is 4. The van der Waals surface area contributed by atoms with Crippen molar-refractivity contribution in [1.29, 1.82) is 0 Å². The van der Waals surface area contributed by atoms with Gasteiger partial charge in [0, 0.05) is 18.7 Å². The molecule has 0 fully saturated rings. The van der Waals surface area contributed by atoms with Crippen LogP contribution in [0.3, 0.4) is 0 Å². The van der Waals surface area contributed by atoms with Crippen LogP contribution < -0.4 is 11.2 Å². The van der Waals surface area contributed by atoms with Gasteiger partial charge < -0.3 is 0 Å². The molecule has 0 saturated carbocycles. The first-order chi connectivity index (χ1) is 8.54. The van der Waals surface area contributed by atoms with Crippen molar-refractivity contribution in [1.82, 2.24) is 24.7 Å². The lowest BCUT2D eigenvalue weighted by Gasteiger charge is -2.00. The lowest BCUT2D eigenvalue weighted by molar-refractivity contribution is 0.621. The molecule has 0 unspecified atom stereocenters. The van der Waals surface area contributed by atoms with E-state index in [0.29, 0.717) is 11.7 Å². The minimum absolute atomic E-state index is 0.265. The third-order valence-corrected chi connectivity index (χ3v) is 2.39. The Morgan fingerprint density at radius 3 is 2.83 bits per heavy atom. The monoisotopic (exact) mass is 249 g/mol. The second-order valence-corrected chi connectivity index (χ2v) is 4.53. The van der Waals surface area contributed by atoms with Gasteiger partial charge >= 0.3 is 5.69 Å². The first kappa shape index (κ1) is 12.3. The average molecular weight is 249 g/mol. The van der Waals surface area contributed by atoms with Gasteiger partial charge in [-0.15, -0.1) is 0 Å². The number of nitrogens with zero attached hydrogens (tertiary/aromatic N) is 3. The quantitative estimate of drug-likeness (QED) is 0.790. The van der Waals surface area contributed by atoms with Crippen molar-refractivity contribution in [3.63, 3.8) is 0 Å².